The smallest absolute Gasteiger partial charge is 0.243 e. The zero-order valence-electron chi connectivity index (χ0n) is 15.0. The van der Waals surface area contributed by atoms with E-state index in [1.165, 1.54) is 16.4 Å². The van der Waals surface area contributed by atoms with Gasteiger partial charge in [0, 0.05) is 19.6 Å². The maximum atomic E-state index is 13.1. The van der Waals surface area contributed by atoms with Crippen LogP contribution in [0, 0.1) is 11.7 Å². The number of rotatable bonds is 6. The molecule has 2 aromatic carbocycles. The van der Waals surface area contributed by atoms with Crippen LogP contribution < -0.4 is 5.32 Å². The Balaban J connectivity index is 1.58. The summed E-state index contributed by atoms with van der Waals surface area (Å²) in [6, 6.07) is 14.6. The Bertz CT molecular complexity index is 870. The molecule has 1 aliphatic rings. The standard InChI is InChI=1S/C20H23FN2O3S/c21-18-8-10-19(11-9-18)27(25,26)23-14-4-7-17(15-23)20(24)22-13-12-16-5-2-1-3-6-16/h1-3,5-6,8-11,17H,4,7,12-15H2,(H,22,24)/t17-/m0/s1. The van der Waals surface area contributed by atoms with Crippen LogP contribution in [0.25, 0.3) is 0 Å². The summed E-state index contributed by atoms with van der Waals surface area (Å²) < 4.78 is 39.9. The predicted molar refractivity (Wildman–Crippen MR) is 101 cm³/mol. The fourth-order valence-corrected chi connectivity index (χ4v) is 4.77. The van der Waals surface area contributed by atoms with Crippen molar-refractivity contribution in [1.29, 1.82) is 0 Å². The first-order valence-electron chi connectivity index (χ1n) is 9.04. The molecule has 0 bridgehead atoms. The molecule has 0 aliphatic carbocycles. The van der Waals surface area contributed by atoms with E-state index in [4.69, 9.17) is 0 Å². The van der Waals surface area contributed by atoms with Gasteiger partial charge in [0.15, 0.2) is 0 Å². The zero-order chi connectivity index (χ0) is 19.3. The molecule has 0 spiro atoms. The van der Waals surface area contributed by atoms with Crippen LogP contribution >= 0.6 is 0 Å². The Hall–Kier alpha value is -2.25. The minimum absolute atomic E-state index is 0.0500. The van der Waals surface area contributed by atoms with Crippen molar-refractivity contribution in [1.82, 2.24) is 9.62 Å². The van der Waals surface area contributed by atoms with E-state index in [0.29, 0.717) is 25.9 Å². The SMILES string of the molecule is O=C(NCCc1ccccc1)[C@H]1CCCN(S(=O)(=O)c2ccc(F)cc2)C1. The third kappa shape index (κ3) is 4.93. The Labute approximate surface area is 159 Å². The van der Waals surface area contributed by atoms with E-state index >= 15 is 0 Å². The van der Waals surface area contributed by atoms with Gasteiger partial charge in [-0.15, -0.1) is 0 Å². The maximum Gasteiger partial charge on any atom is 0.243 e. The Morgan fingerprint density at radius 1 is 1.11 bits per heavy atom. The van der Waals surface area contributed by atoms with Crippen LogP contribution in [-0.4, -0.2) is 38.3 Å². The molecule has 1 aliphatic heterocycles. The molecule has 1 N–H and O–H groups in total. The first-order valence-corrected chi connectivity index (χ1v) is 10.5. The van der Waals surface area contributed by atoms with E-state index in [0.717, 1.165) is 24.1 Å². The van der Waals surface area contributed by atoms with Crippen molar-refractivity contribution < 1.29 is 17.6 Å². The van der Waals surface area contributed by atoms with Gasteiger partial charge in [-0.3, -0.25) is 4.79 Å². The predicted octanol–water partition coefficient (Wildman–Crippen LogP) is 2.59. The van der Waals surface area contributed by atoms with Gasteiger partial charge in [-0.05, 0) is 49.1 Å². The van der Waals surface area contributed by atoms with Gasteiger partial charge in [-0.2, -0.15) is 4.31 Å². The third-order valence-corrected chi connectivity index (χ3v) is 6.64. The van der Waals surface area contributed by atoms with Crippen molar-refractivity contribution in [3.8, 4) is 0 Å². The van der Waals surface area contributed by atoms with Crippen LogP contribution in [0.3, 0.4) is 0 Å². The second-order valence-electron chi connectivity index (χ2n) is 6.68. The average molecular weight is 390 g/mol. The van der Waals surface area contributed by atoms with Gasteiger partial charge < -0.3 is 5.32 Å². The molecule has 1 heterocycles. The molecular formula is C20H23FN2O3S. The van der Waals surface area contributed by atoms with Crippen LogP contribution in [0.15, 0.2) is 59.5 Å². The maximum absolute atomic E-state index is 13.1. The molecule has 144 valence electrons. The lowest BCUT2D eigenvalue weighted by atomic mass is 9.99. The lowest BCUT2D eigenvalue weighted by Gasteiger charge is -2.31. The Kier molecular flexibility index (Phi) is 6.23. The van der Waals surface area contributed by atoms with Gasteiger partial charge in [0.25, 0.3) is 0 Å². The van der Waals surface area contributed by atoms with Gasteiger partial charge >= 0.3 is 0 Å². The molecule has 1 saturated heterocycles. The molecule has 0 radical (unpaired) electrons. The third-order valence-electron chi connectivity index (χ3n) is 4.76. The summed E-state index contributed by atoms with van der Waals surface area (Å²) in [5, 5.41) is 2.91. The van der Waals surface area contributed by atoms with Gasteiger partial charge in [0.05, 0.1) is 10.8 Å². The lowest BCUT2D eigenvalue weighted by molar-refractivity contribution is -0.126. The number of nitrogens with zero attached hydrogens (tertiary/aromatic N) is 1. The van der Waals surface area contributed by atoms with Gasteiger partial charge in [0.1, 0.15) is 5.82 Å². The van der Waals surface area contributed by atoms with Crippen molar-refractivity contribution in [3.05, 3.63) is 66.0 Å². The molecule has 3 rings (SSSR count). The van der Waals surface area contributed by atoms with Crippen molar-refractivity contribution in [2.24, 2.45) is 5.92 Å². The first kappa shape index (κ1) is 19.5. The van der Waals surface area contributed by atoms with Crippen LogP contribution in [0.4, 0.5) is 4.39 Å². The Morgan fingerprint density at radius 2 is 1.81 bits per heavy atom. The van der Waals surface area contributed by atoms with Crippen LogP contribution in [0.1, 0.15) is 18.4 Å². The Morgan fingerprint density at radius 3 is 2.52 bits per heavy atom. The highest BCUT2D eigenvalue weighted by Gasteiger charge is 2.33. The van der Waals surface area contributed by atoms with E-state index in [1.54, 1.807) is 0 Å². The van der Waals surface area contributed by atoms with Crippen molar-refractivity contribution >= 4 is 15.9 Å². The second kappa shape index (κ2) is 8.63. The fraction of sp³-hybridized carbons (Fsp3) is 0.350. The molecule has 1 fully saturated rings. The number of piperidine rings is 1. The van der Waals surface area contributed by atoms with Crippen molar-refractivity contribution in [2.45, 2.75) is 24.2 Å². The molecule has 0 saturated carbocycles. The number of carbonyl (C=O) groups excluding carboxylic acids is 1. The van der Waals surface area contributed by atoms with E-state index in [1.807, 2.05) is 30.3 Å². The molecule has 0 aromatic heterocycles. The quantitative estimate of drug-likeness (QED) is 0.824. The van der Waals surface area contributed by atoms with E-state index in [-0.39, 0.29) is 23.3 Å². The second-order valence-corrected chi connectivity index (χ2v) is 8.62. The van der Waals surface area contributed by atoms with Crippen molar-refractivity contribution in [2.75, 3.05) is 19.6 Å². The fourth-order valence-electron chi connectivity index (χ4n) is 3.25. The molecule has 7 heteroatoms. The summed E-state index contributed by atoms with van der Waals surface area (Å²) in [7, 11) is -3.72. The van der Waals surface area contributed by atoms with Crippen LogP contribution in [0.5, 0.6) is 0 Å². The summed E-state index contributed by atoms with van der Waals surface area (Å²) in [6.07, 6.45) is 2.01. The zero-order valence-corrected chi connectivity index (χ0v) is 15.8. The highest BCUT2D eigenvalue weighted by Crippen LogP contribution is 2.24. The molecule has 27 heavy (non-hydrogen) atoms. The molecule has 2 aromatic rings. The van der Waals surface area contributed by atoms with Gasteiger partial charge in [0.2, 0.25) is 15.9 Å². The largest absolute Gasteiger partial charge is 0.355 e. The summed E-state index contributed by atoms with van der Waals surface area (Å²) >= 11 is 0. The normalized spacial score (nSPS) is 18.2. The van der Waals surface area contributed by atoms with E-state index < -0.39 is 15.8 Å². The number of nitrogens with one attached hydrogen (secondary N) is 1. The summed E-state index contributed by atoms with van der Waals surface area (Å²) in [5.41, 5.74) is 1.14. The molecular weight excluding hydrogens is 367 g/mol. The topological polar surface area (TPSA) is 66.5 Å². The average Bonchev–Trinajstić information content (AvgIpc) is 2.69. The minimum atomic E-state index is -3.72. The van der Waals surface area contributed by atoms with Gasteiger partial charge in [-0.25, -0.2) is 12.8 Å². The number of halogens is 1. The summed E-state index contributed by atoms with van der Waals surface area (Å²) in [6.45, 7) is 1.04. The van der Waals surface area contributed by atoms with Crippen LogP contribution in [-0.2, 0) is 21.2 Å². The first-order chi connectivity index (χ1) is 13.0. The molecule has 1 amide bonds. The highest BCUT2D eigenvalue weighted by atomic mass is 32.2. The summed E-state index contributed by atoms with van der Waals surface area (Å²) in [4.78, 5) is 12.5. The van der Waals surface area contributed by atoms with Gasteiger partial charge in [-0.1, -0.05) is 30.3 Å². The molecule has 0 unspecified atom stereocenters. The molecule has 5 nitrogen and oxygen atoms in total. The monoisotopic (exact) mass is 390 g/mol. The van der Waals surface area contributed by atoms with E-state index in [2.05, 4.69) is 5.32 Å². The summed E-state index contributed by atoms with van der Waals surface area (Å²) in [5.74, 6) is -0.974. The van der Waals surface area contributed by atoms with Crippen molar-refractivity contribution in [3.63, 3.8) is 0 Å². The number of sulfonamides is 1. The number of benzene rings is 2. The number of hydrogen-bond acceptors (Lipinski definition) is 3. The number of hydrogen-bond donors (Lipinski definition) is 1. The number of carbonyl (C=O) groups is 1. The lowest BCUT2D eigenvalue weighted by Crippen LogP contribution is -2.45. The molecule has 1 atom stereocenters. The number of amides is 1. The highest BCUT2D eigenvalue weighted by molar-refractivity contribution is 7.89. The minimum Gasteiger partial charge on any atom is -0.355 e. The van der Waals surface area contributed by atoms with Crippen LogP contribution in [0.2, 0.25) is 0 Å². The van der Waals surface area contributed by atoms with E-state index in [9.17, 15) is 17.6 Å².